The summed E-state index contributed by atoms with van der Waals surface area (Å²) in [6.07, 6.45) is 2.45. The Morgan fingerprint density at radius 1 is 1.25 bits per heavy atom. The van der Waals surface area contributed by atoms with Crippen molar-refractivity contribution in [2.24, 2.45) is 0 Å². The zero-order chi connectivity index (χ0) is 14.4. The predicted octanol–water partition coefficient (Wildman–Crippen LogP) is 2.31. The number of nitrogens with one attached hydrogen (secondary N) is 1. The zero-order valence-electron chi connectivity index (χ0n) is 13.2. The first kappa shape index (κ1) is 15.5. The maximum absolute atomic E-state index is 5.93. The summed E-state index contributed by atoms with van der Waals surface area (Å²) in [6.45, 7) is 10.7. The third-order valence-electron chi connectivity index (χ3n) is 4.12. The van der Waals surface area contributed by atoms with Gasteiger partial charge >= 0.3 is 0 Å². The van der Waals surface area contributed by atoms with Crippen LogP contribution >= 0.6 is 0 Å². The Bertz CT molecular complexity index is 391. The highest BCUT2D eigenvalue weighted by Crippen LogP contribution is 2.17. The minimum absolute atomic E-state index is 0.643. The maximum Gasteiger partial charge on any atom is 0.118 e. The average Bonchev–Trinajstić information content (AvgIpc) is 2.81. The molecule has 0 radical (unpaired) electrons. The summed E-state index contributed by atoms with van der Waals surface area (Å²) in [5.41, 5.74) is 0. The fourth-order valence-electron chi connectivity index (χ4n) is 2.94. The van der Waals surface area contributed by atoms with Crippen LogP contribution in [0.3, 0.4) is 0 Å². The summed E-state index contributed by atoms with van der Waals surface area (Å²) in [5.74, 6) is 2.14. The first-order valence-corrected chi connectivity index (χ1v) is 7.93. The van der Waals surface area contributed by atoms with Gasteiger partial charge in [-0.3, -0.25) is 4.90 Å². The number of hydrogen-bond donors (Lipinski definition) is 1. The third-order valence-corrected chi connectivity index (χ3v) is 4.12. The van der Waals surface area contributed by atoms with Crippen LogP contribution in [0.5, 0.6) is 0 Å². The number of nitrogens with zero attached hydrogens (tertiary/aromatic N) is 2. The van der Waals surface area contributed by atoms with E-state index in [9.17, 15) is 0 Å². The normalized spacial score (nSPS) is 22.1. The van der Waals surface area contributed by atoms with Gasteiger partial charge in [-0.05, 0) is 45.1 Å². The summed E-state index contributed by atoms with van der Waals surface area (Å²) in [5, 5.41) is 3.30. The van der Waals surface area contributed by atoms with Crippen molar-refractivity contribution in [1.82, 2.24) is 15.1 Å². The van der Waals surface area contributed by atoms with Crippen molar-refractivity contribution in [3.8, 4) is 0 Å². The molecule has 1 atom stereocenters. The van der Waals surface area contributed by atoms with Crippen LogP contribution < -0.4 is 5.32 Å². The van der Waals surface area contributed by atoms with E-state index in [1.54, 1.807) is 0 Å². The van der Waals surface area contributed by atoms with E-state index in [0.717, 1.165) is 31.2 Å². The lowest BCUT2D eigenvalue weighted by atomic mass is 10.2. The van der Waals surface area contributed by atoms with Crippen molar-refractivity contribution in [2.75, 3.05) is 33.2 Å². The maximum atomic E-state index is 5.93. The van der Waals surface area contributed by atoms with Crippen molar-refractivity contribution in [3.05, 3.63) is 23.7 Å². The number of rotatable bonds is 6. The fourth-order valence-corrected chi connectivity index (χ4v) is 2.94. The first-order chi connectivity index (χ1) is 9.72. The Balaban J connectivity index is 1.94. The van der Waals surface area contributed by atoms with E-state index in [2.05, 4.69) is 48.1 Å². The van der Waals surface area contributed by atoms with Crippen LogP contribution in [0.2, 0.25) is 0 Å². The second-order valence-corrected chi connectivity index (χ2v) is 5.80. The summed E-state index contributed by atoms with van der Waals surface area (Å²) >= 11 is 0. The quantitative estimate of drug-likeness (QED) is 0.866. The minimum atomic E-state index is 0.643. The molecule has 2 rings (SSSR count). The first-order valence-electron chi connectivity index (χ1n) is 7.93. The lowest BCUT2D eigenvalue weighted by Gasteiger charge is -2.29. The molecule has 20 heavy (non-hydrogen) atoms. The van der Waals surface area contributed by atoms with E-state index in [1.807, 2.05) is 0 Å². The van der Waals surface area contributed by atoms with Gasteiger partial charge in [0.05, 0.1) is 13.1 Å². The molecular formula is C16H29N3O. The Morgan fingerprint density at radius 3 is 2.80 bits per heavy atom. The van der Waals surface area contributed by atoms with E-state index >= 15 is 0 Å². The number of furan rings is 1. The summed E-state index contributed by atoms with van der Waals surface area (Å²) < 4.78 is 5.93. The van der Waals surface area contributed by atoms with Gasteiger partial charge in [0.2, 0.25) is 0 Å². The topological polar surface area (TPSA) is 31.6 Å². The van der Waals surface area contributed by atoms with Crippen molar-refractivity contribution in [3.63, 3.8) is 0 Å². The molecule has 1 fully saturated rings. The molecule has 0 aromatic carbocycles. The highest BCUT2D eigenvalue weighted by atomic mass is 16.3. The molecule has 0 spiro atoms. The smallest absolute Gasteiger partial charge is 0.118 e. The van der Waals surface area contributed by atoms with Crippen molar-refractivity contribution in [2.45, 2.75) is 45.8 Å². The highest BCUT2D eigenvalue weighted by Gasteiger charge is 2.22. The van der Waals surface area contributed by atoms with E-state index < -0.39 is 0 Å². The van der Waals surface area contributed by atoms with Gasteiger partial charge in [0.1, 0.15) is 11.5 Å². The molecular weight excluding hydrogens is 250 g/mol. The lowest BCUT2D eigenvalue weighted by Crippen LogP contribution is -2.39. The molecule has 1 aromatic rings. The molecule has 1 unspecified atom stereocenters. The molecule has 0 bridgehead atoms. The summed E-state index contributed by atoms with van der Waals surface area (Å²) in [4.78, 5) is 5.03. The fraction of sp³-hybridized carbons (Fsp3) is 0.750. The van der Waals surface area contributed by atoms with E-state index in [1.165, 1.54) is 32.5 Å². The number of hydrogen-bond acceptors (Lipinski definition) is 4. The van der Waals surface area contributed by atoms with Crippen molar-refractivity contribution >= 4 is 0 Å². The van der Waals surface area contributed by atoms with Crippen molar-refractivity contribution in [1.29, 1.82) is 0 Å². The molecule has 0 saturated carbocycles. The van der Waals surface area contributed by atoms with E-state index in [-0.39, 0.29) is 0 Å². The van der Waals surface area contributed by atoms with Crippen LogP contribution in [0.4, 0.5) is 0 Å². The Kier molecular flexibility index (Phi) is 6.07. The molecule has 4 heteroatoms. The van der Waals surface area contributed by atoms with Crippen LogP contribution in [0.25, 0.3) is 0 Å². The standard InChI is InChI=1S/C16H29N3O/c1-4-14-12-18(3)9-6-10-19(14)13-16-8-7-15(20-16)11-17-5-2/h7-8,14,17H,4-6,9-13H2,1-3H3. The molecule has 1 aliphatic rings. The average molecular weight is 279 g/mol. The van der Waals surface area contributed by atoms with Gasteiger partial charge in [0, 0.05) is 19.1 Å². The molecule has 1 aromatic heterocycles. The zero-order valence-corrected chi connectivity index (χ0v) is 13.2. The van der Waals surface area contributed by atoms with Crippen LogP contribution in [0, 0.1) is 0 Å². The van der Waals surface area contributed by atoms with E-state index in [4.69, 9.17) is 4.42 Å². The largest absolute Gasteiger partial charge is 0.463 e. The summed E-state index contributed by atoms with van der Waals surface area (Å²) in [6, 6.07) is 4.88. The van der Waals surface area contributed by atoms with Gasteiger partial charge in [-0.1, -0.05) is 13.8 Å². The molecule has 4 nitrogen and oxygen atoms in total. The predicted molar refractivity (Wildman–Crippen MR) is 82.7 cm³/mol. The van der Waals surface area contributed by atoms with Gasteiger partial charge in [0.25, 0.3) is 0 Å². The minimum Gasteiger partial charge on any atom is -0.463 e. The SMILES string of the molecule is CCNCc1ccc(CN2CCCN(C)CC2CC)o1. The summed E-state index contributed by atoms with van der Waals surface area (Å²) in [7, 11) is 2.23. The Labute approximate surface area is 123 Å². The molecule has 1 saturated heterocycles. The van der Waals surface area contributed by atoms with Gasteiger partial charge < -0.3 is 14.6 Å². The van der Waals surface area contributed by atoms with Gasteiger partial charge in [-0.2, -0.15) is 0 Å². The second kappa shape index (κ2) is 7.81. The molecule has 1 N–H and O–H groups in total. The molecule has 2 heterocycles. The van der Waals surface area contributed by atoms with Crippen LogP contribution in [0.15, 0.2) is 16.5 Å². The molecule has 114 valence electrons. The van der Waals surface area contributed by atoms with E-state index in [0.29, 0.717) is 6.04 Å². The highest BCUT2D eigenvalue weighted by molar-refractivity contribution is 5.07. The molecule has 0 aliphatic carbocycles. The van der Waals surface area contributed by atoms with Crippen LogP contribution in [-0.4, -0.2) is 49.1 Å². The lowest BCUT2D eigenvalue weighted by molar-refractivity contribution is 0.163. The Morgan fingerprint density at radius 2 is 2.05 bits per heavy atom. The van der Waals surface area contributed by atoms with Crippen LogP contribution in [0.1, 0.15) is 38.2 Å². The van der Waals surface area contributed by atoms with Gasteiger partial charge in [-0.15, -0.1) is 0 Å². The Hall–Kier alpha value is -0.840. The third kappa shape index (κ3) is 4.33. The van der Waals surface area contributed by atoms with Crippen LogP contribution in [-0.2, 0) is 13.1 Å². The van der Waals surface area contributed by atoms with Crippen molar-refractivity contribution < 1.29 is 4.42 Å². The van der Waals surface area contributed by atoms with Gasteiger partial charge in [-0.25, -0.2) is 0 Å². The number of likely N-dealkylation sites (N-methyl/N-ethyl adjacent to an activating group) is 1. The van der Waals surface area contributed by atoms with Gasteiger partial charge in [0.15, 0.2) is 0 Å². The second-order valence-electron chi connectivity index (χ2n) is 5.80. The monoisotopic (exact) mass is 279 g/mol. The molecule has 1 aliphatic heterocycles. The molecule has 0 amide bonds.